The third kappa shape index (κ3) is 6.02. The van der Waals surface area contributed by atoms with Gasteiger partial charge in [-0.3, -0.25) is 0 Å². The van der Waals surface area contributed by atoms with Gasteiger partial charge in [0.15, 0.2) is 0 Å². The topological polar surface area (TPSA) is 38.3 Å². The lowest BCUT2D eigenvalue weighted by atomic mass is 10.2. The molecule has 1 N–H and O–H groups in total. The first kappa shape index (κ1) is 16.1. The fraction of sp³-hybridized carbons (Fsp3) is 0.167. The number of carbonyl (C=O) groups excluding carboxylic acids is 1. The number of rotatable bonds is 6. The van der Waals surface area contributed by atoms with Crippen LogP contribution in [0, 0.1) is 0 Å². The fourth-order valence-corrected chi connectivity index (χ4v) is 1.95. The van der Waals surface area contributed by atoms with Gasteiger partial charge in [0.1, 0.15) is 6.61 Å². The highest BCUT2D eigenvalue weighted by atomic mass is 35.5. The average molecular weight is 316 g/mol. The third-order valence-corrected chi connectivity index (χ3v) is 3.23. The summed E-state index contributed by atoms with van der Waals surface area (Å²) in [6.07, 6.45) is 4.33. The van der Waals surface area contributed by atoms with Crippen LogP contribution >= 0.6 is 11.6 Å². The summed E-state index contributed by atoms with van der Waals surface area (Å²) in [4.78, 5) is 11.5. The van der Waals surface area contributed by atoms with E-state index in [1.807, 2.05) is 66.7 Å². The monoisotopic (exact) mass is 315 g/mol. The molecule has 0 heterocycles. The van der Waals surface area contributed by atoms with Crippen molar-refractivity contribution in [3.63, 3.8) is 0 Å². The molecule has 0 saturated carbocycles. The van der Waals surface area contributed by atoms with E-state index in [0.29, 0.717) is 6.54 Å². The Hall–Kier alpha value is -2.26. The molecule has 2 aromatic rings. The first-order valence-corrected chi connectivity index (χ1v) is 7.48. The number of halogens is 1. The summed E-state index contributed by atoms with van der Waals surface area (Å²) in [6, 6.07) is 17.2. The molecule has 0 radical (unpaired) electrons. The van der Waals surface area contributed by atoms with Crippen molar-refractivity contribution in [3.05, 3.63) is 76.8 Å². The summed E-state index contributed by atoms with van der Waals surface area (Å²) in [5.41, 5.74) is 2.05. The van der Waals surface area contributed by atoms with Crippen LogP contribution < -0.4 is 5.32 Å². The second-order valence-electron chi connectivity index (χ2n) is 4.73. The molecule has 0 atom stereocenters. The Bertz CT molecular complexity index is 609. The van der Waals surface area contributed by atoms with Crippen molar-refractivity contribution in [1.29, 1.82) is 0 Å². The van der Waals surface area contributed by atoms with Gasteiger partial charge in [-0.05, 0) is 29.7 Å². The van der Waals surface area contributed by atoms with E-state index in [1.54, 1.807) is 0 Å². The van der Waals surface area contributed by atoms with Crippen molar-refractivity contribution >= 4 is 23.8 Å². The van der Waals surface area contributed by atoms with Gasteiger partial charge in [-0.2, -0.15) is 0 Å². The van der Waals surface area contributed by atoms with E-state index in [1.165, 1.54) is 0 Å². The van der Waals surface area contributed by atoms with Gasteiger partial charge < -0.3 is 10.1 Å². The number of alkyl carbamates (subject to hydrolysis) is 1. The molecule has 0 aliphatic rings. The maximum absolute atomic E-state index is 11.5. The summed E-state index contributed by atoms with van der Waals surface area (Å²) in [5.74, 6) is 0. The molecule has 2 aromatic carbocycles. The molecule has 1 amide bonds. The van der Waals surface area contributed by atoms with E-state index in [9.17, 15) is 4.79 Å². The van der Waals surface area contributed by atoms with Crippen molar-refractivity contribution in [2.75, 3.05) is 6.54 Å². The molecule has 0 bridgehead atoms. The van der Waals surface area contributed by atoms with Crippen LogP contribution in [0.2, 0.25) is 5.02 Å². The van der Waals surface area contributed by atoms with Crippen LogP contribution in [0.4, 0.5) is 4.79 Å². The van der Waals surface area contributed by atoms with E-state index in [-0.39, 0.29) is 6.61 Å². The highest BCUT2D eigenvalue weighted by molar-refractivity contribution is 6.30. The maximum atomic E-state index is 11.5. The van der Waals surface area contributed by atoms with Crippen LogP contribution in [-0.2, 0) is 11.3 Å². The van der Waals surface area contributed by atoms with Crippen LogP contribution in [-0.4, -0.2) is 12.6 Å². The van der Waals surface area contributed by atoms with Crippen LogP contribution in [0.5, 0.6) is 0 Å². The minimum atomic E-state index is -0.399. The van der Waals surface area contributed by atoms with Crippen molar-refractivity contribution < 1.29 is 9.53 Å². The molecule has 0 aliphatic carbocycles. The Kier molecular flexibility index (Phi) is 6.52. The lowest BCUT2D eigenvalue weighted by Crippen LogP contribution is -2.24. The van der Waals surface area contributed by atoms with Crippen molar-refractivity contribution in [2.24, 2.45) is 0 Å². The molecule has 3 nitrogen and oxygen atoms in total. The van der Waals surface area contributed by atoms with Crippen LogP contribution in [0.15, 0.2) is 60.7 Å². The molecule has 0 saturated heterocycles. The Labute approximate surface area is 135 Å². The zero-order valence-corrected chi connectivity index (χ0v) is 12.9. The zero-order chi connectivity index (χ0) is 15.6. The van der Waals surface area contributed by atoms with Gasteiger partial charge in [0.25, 0.3) is 0 Å². The SMILES string of the molecule is O=C(NCCC=Cc1ccc(Cl)cc1)OCc1ccccc1. The van der Waals surface area contributed by atoms with E-state index in [0.717, 1.165) is 22.6 Å². The van der Waals surface area contributed by atoms with Gasteiger partial charge in [-0.25, -0.2) is 4.79 Å². The molecular formula is C18H18ClNO2. The summed E-state index contributed by atoms with van der Waals surface area (Å²) in [7, 11) is 0. The number of benzene rings is 2. The summed E-state index contributed by atoms with van der Waals surface area (Å²) in [6.45, 7) is 0.824. The molecule has 0 fully saturated rings. The van der Waals surface area contributed by atoms with Crippen LogP contribution in [0.1, 0.15) is 17.5 Å². The molecule has 2 rings (SSSR count). The van der Waals surface area contributed by atoms with Crippen molar-refractivity contribution in [2.45, 2.75) is 13.0 Å². The second-order valence-corrected chi connectivity index (χ2v) is 5.17. The first-order chi connectivity index (χ1) is 10.7. The van der Waals surface area contributed by atoms with Crippen LogP contribution in [0.3, 0.4) is 0 Å². The third-order valence-electron chi connectivity index (χ3n) is 2.97. The Balaban J connectivity index is 1.61. The highest BCUT2D eigenvalue weighted by Gasteiger charge is 2.00. The molecule has 0 spiro atoms. The quantitative estimate of drug-likeness (QED) is 0.787. The molecule has 0 unspecified atom stereocenters. The van der Waals surface area contributed by atoms with E-state index in [4.69, 9.17) is 16.3 Å². The van der Waals surface area contributed by atoms with Crippen LogP contribution in [0.25, 0.3) is 6.08 Å². The number of ether oxygens (including phenoxy) is 1. The maximum Gasteiger partial charge on any atom is 0.407 e. The summed E-state index contributed by atoms with van der Waals surface area (Å²) in [5, 5.41) is 3.44. The highest BCUT2D eigenvalue weighted by Crippen LogP contribution is 2.10. The number of hydrogen-bond donors (Lipinski definition) is 1. The Morgan fingerprint density at radius 3 is 2.55 bits per heavy atom. The smallest absolute Gasteiger partial charge is 0.407 e. The average Bonchev–Trinajstić information content (AvgIpc) is 2.55. The van der Waals surface area contributed by atoms with E-state index < -0.39 is 6.09 Å². The predicted octanol–water partition coefficient (Wildman–Crippen LogP) is 4.67. The number of nitrogens with one attached hydrogen (secondary N) is 1. The van der Waals surface area contributed by atoms with Gasteiger partial charge >= 0.3 is 6.09 Å². The lowest BCUT2D eigenvalue weighted by molar-refractivity contribution is 0.140. The Morgan fingerprint density at radius 1 is 1.09 bits per heavy atom. The molecule has 0 aliphatic heterocycles. The number of carbonyl (C=O) groups is 1. The normalized spacial score (nSPS) is 10.6. The standard InChI is InChI=1S/C18H18ClNO2/c19-17-11-9-15(10-12-17)6-4-5-13-20-18(21)22-14-16-7-2-1-3-8-16/h1-4,6-12H,5,13-14H2,(H,20,21). The summed E-state index contributed by atoms with van der Waals surface area (Å²) < 4.78 is 5.12. The summed E-state index contributed by atoms with van der Waals surface area (Å²) >= 11 is 5.82. The first-order valence-electron chi connectivity index (χ1n) is 7.11. The zero-order valence-electron chi connectivity index (χ0n) is 12.2. The van der Waals surface area contributed by atoms with Gasteiger partial charge in [0.2, 0.25) is 0 Å². The fourth-order valence-electron chi connectivity index (χ4n) is 1.83. The predicted molar refractivity (Wildman–Crippen MR) is 89.7 cm³/mol. The van der Waals surface area contributed by atoms with Crippen molar-refractivity contribution in [1.82, 2.24) is 5.32 Å². The minimum absolute atomic E-state index is 0.285. The lowest BCUT2D eigenvalue weighted by Gasteiger charge is -2.05. The van der Waals surface area contributed by atoms with E-state index >= 15 is 0 Å². The molecular weight excluding hydrogens is 298 g/mol. The van der Waals surface area contributed by atoms with E-state index in [2.05, 4.69) is 5.32 Å². The molecule has 0 aromatic heterocycles. The van der Waals surface area contributed by atoms with Gasteiger partial charge in [0, 0.05) is 11.6 Å². The Morgan fingerprint density at radius 2 is 1.82 bits per heavy atom. The van der Waals surface area contributed by atoms with Gasteiger partial charge in [-0.15, -0.1) is 0 Å². The number of hydrogen-bond acceptors (Lipinski definition) is 2. The second kappa shape index (κ2) is 8.90. The molecule has 114 valence electrons. The van der Waals surface area contributed by atoms with Gasteiger partial charge in [-0.1, -0.05) is 66.2 Å². The molecule has 4 heteroatoms. The molecule has 22 heavy (non-hydrogen) atoms. The van der Waals surface area contributed by atoms with Gasteiger partial charge in [0.05, 0.1) is 0 Å². The number of amides is 1. The van der Waals surface area contributed by atoms with Crippen molar-refractivity contribution in [3.8, 4) is 0 Å². The largest absolute Gasteiger partial charge is 0.445 e. The minimum Gasteiger partial charge on any atom is -0.445 e.